The number of aliphatic imine (C=N–C) groups is 1. The van der Waals surface area contributed by atoms with Crippen LogP contribution in [0, 0.1) is 0 Å². The first-order chi connectivity index (χ1) is 4.29. The van der Waals surface area contributed by atoms with E-state index in [1.807, 2.05) is 0 Å². The number of hydrogen-bond donors (Lipinski definition) is 3. The van der Waals surface area contributed by atoms with Crippen LogP contribution in [0.25, 0.3) is 0 Å². The van der Waals surface area contributed by atoms with Crippen LogP contribution in [0.3, 0.4) is 0 Å². The van der Waals surface area contributed by atoms with Gasteiger partial charge < -0.3 is 11.5 Å². The number of guanidine groups is 1. The zero-order valence-corrected chi connectivity index (χ0v) is 4.78. The number of quaternary nitrogens is 1. The summed E-state index contributed by atoms with van der Waals surface area (Å²) in [6, 6.07) is 0. The van der Waals surface area contributed by atoms with Gasteiger partial charge in [-0.2, -0.15) is 0 Å². The molecule has 1 heterocycles. The highest BCUT2D eigenvalue weighted by atomic mass is 15.5. The van der Waals surface area contributed by atoms with Crippen molar-refractivity contribution in [1.29, 1.82) is 0 Å². The van der Waals surface area contributed by atoms with Gasteiger partial charge in [-0.1, -0.05) is 0 Å². The molecule has 0 radical (unpaired) electrons. The van der Waals surface area contributed by atoms with E-state index in [0.717, 1.165) is 0 Å². The Balaban J connectivity index is 2.56. The normalized spacial score (nSPS) is 22.4. The van der Waals surface area contributed by atoms with Crippen molar-refractivity contribution in [3.63, 3.8) is 0 Å². The average molecular weight is 126 g/mol. The molecule has 0 aromatic rings. The first-order valence-electron chi connectivity index (χ1n) is 2.45. The minimum absolute atomic E-state index is 0.0583. The molecular formula is C4H8N5+. The van der Waals surface area contributed by atoms with E-state index in [0.29, 0.717) is 5.01 Å². The van der Waals surface area contributed by atoms with Crippen LogP contribution in [0.5, 0.6) is 0 Å². The summed E-state index contributed by atoms with van der Waals surface area (Å²) in [7, 11) is 0. The van der Waals surface area contributed by atoms with Crippen molar-refractivity contribution in [1.82, 2.24) is 0 Å². The summed E-state index contributed by atoms with van der Waals surface area (Å²) in [5, 5.41) is 4.42. The lowest BCUT2D eigenvalue weighted by Crippen LogP contribution is -3.01. The first kappa shape index (κ1) is 5.77. The number of nitrogens with two attached hydrogens (primary N) is 2. The molecule has 0 saturated carbocycles. The van der Waals surface area contributed by atoms with Gasteiger partial charge in [0.05, 0.1) is 6.20 Å². The van der Waals surface area contributed by atoms with Crippen molar-refractivity contribution in [3.05, 3.63) is 12.4 Å². The summed E-state index contributed by atoms with van der Waals surface area (Å²) < 4.78 is 0. The van der Waals surface area contributed by atoms with Gasteiger partial charge in [0.15, 0.2) is 0 Å². The summed E-state index contributed by atoms with van der Waals surface area (Å²) in [5.74, 6) is 0.0583. The van der Waals surface area contributed by atoms with Gasteiger partial charge in [-0.15, -0.1) is 5.01 Å². The maximum atomic E-state index is 5.08. The summed E-state index contributed by atoms with van der Waals surface area (Å²) in [5.41, 5.74) is 10.2. The van der Waals surface area contributed by atoms with Gasteiger partial charge in [0, 0.05) is 0 Å². The smallest absolute Gasteiger partial charge is 0.245 e. The molecule has 1 unspecified atom stereocenters. The molecule has 0 amide bonds. The van der Waals surface area contributed by atoms with Crippen molar-refractivity contribution in [2.45, 2.75) is 0 Å². The molecule has 0 bridgehead atoms. The van der Waals surface area contributed by atoms with Gasteiger partial charge in [0.2, 0.25) is 12.3 Å². The second-order valence-electron chi connectivity index (χ2n) is 1.56. The van der Waals surface area contributed by atoms with Crippen molar-refractivity contribution in [2.75, 3.05) is 0 Å². The highest BCUT2D eigenvalue weighted by molar-refractivity contribution is 5.75. The largest absolute Gasteiger partial charge is 0.366 e. The molecule has 9 heavy (non-hydrogen) atoms. The second-order valence-corrected chi connectivity index (χ2v) is 1.56. The van der Waals surface area contributed by atoms with Crippen LogP contribution in [-0.2, 0) is 0 Å². The highest BCUT2D eigenvalue weighted by Gasteiger charge is 2.01. The summed E-state index contributed by atoms with van der Waals surface area (Å²) in [6.45, 7) is 0. The lowest BCUT2D eigenvalue weighted by Gasteiger charge is -1.92. The fraction of sp³-hybridized carbons (Fsp3) is 0. The average Bonchev–Trinajstić information content (AvgIpc) is 2.15. The molecule has 48 valence electrons. The number of nitrogens with one attached hydrogen (secondary N) is 1. The molecule has 0 fully saturated rings. The topological polar surface area (TPSA) is 81.2 Å². The summed E-state index contributed by atoms with van der Waals surface area (Å²) in [4.78, 5) is 3.76. The minimum Gasteiger partial charge on any atom is -0.366 e. The van der Waals surface area contributed by atoms with Crippen molar-refractivity contribution in [3.8, 4) is 0 Å². The van der Waals surface area contributed by atoms with Crippen molar-refractivity contribution < 1.29 is 5.01 Å². The van der Waals surface area contributed by atoms with Crippen LogP contribution in [0.1, 0.15) is 0 Å². The second kappa shape index (κ2) is 2.27. The summed E-state index contributed by atoms with van der Waals surface area (Å²) >= 11 is 0. The maximum absolute atomic E-state index is 5.08. The number of hydrogen-bond acceptors (Lipinski definition) is 2. The molecule has 0 aliphatic carbocycles. The Morgan fingerprint density at radius 3 is 2.78 bits per heavy atom. The Labute approximate surface area is 52.3 Å². The van der Waals surface area contributed by atoms with Crippen molar-refractivity contribution >= 4 is 12.3 Å². The fourth-order valence-corrected chi connectivity index (χ4v) is 0.497. The first-order valence-corrected chi connectivity index (χ1v) is 2.45. The zero-order chi connectivity index (χ0) is 6.69. The molecule has 0 saturated heterocycles. The Kier molecular flexibility index (Phi) is 1.46. The standard InChI is InChI=1S/C4H7N5/c5-4(6)8-9-2-1-7-3-9/h1-3H,(H4,5,6,8)/p+1. The van der Waals surface area contributed by atoms with Crippen LogP contribution in [-0.4, -0.2) is 12.3 Å². The molecule has 0 aromatic carbocycles. The third-order valence-corrected chi connectivity index (χ3v) is 0.796. The van der Waals surface area contributed by atoms with Crippen LogP contribution in [0.15, 0.2) is 22.5 Å². The van der Waals surface area contributed by atoms with E-state index in [4.69, 9.17) is 11.5 Å². The third-order valence-electron chi connectivity index (χ3n) is 0.796. The molecule has 1 rings (SSSR count). The van der Waals surface area contributed by atoms with E-state index in [1.165, 1.54) is 0 Å². The number of rotatable bonds is 1. The molecule has 5 N–H and O–H groups in total. The van der Waals surface area contributed by atoms with E-state index in [1.54, 1.807) is 18.7 Å². The molecular weight excluding hydrogens is 118 g/mol. The molecule has 0 spiro atoms. The van der Waals surface area contributed by atoms with Crippen LogP contribution in [0.2, 0.25) is 0 Å². The number of nitrogens with zero attached hydrogens (tertiary/aromatic N) is 2. The summed E-state index contributed by atoms with van der Waals surface area (Å²) in [6.07, 6.45) is 4.93. The maximum Gasteiger partial charge on any atom is 0.245 e. The minimum atomic E-state index is 0.0583. The molecule has 1 aliphatic rings. The Morgan fingerprint density at radius 1 is 1.56 bits per heavy atom. The van der Waals surface area contributed by atoms with Gasteiger partial charge in [-0.3, -0.25) is 0 Å². The van der Waals surface area contributed by atoms with Gasteiger partial charge in [0.1, 0.15) is 6.20 Å². The fourth-order valence-electron chi connectivity index (χ4n) is 0.497. The Bertz CT molecular complexity index is 163. The highest BCUT2D eigenvalue weighted by Crippen LogP contribution is 1.69. The van der Waals surface area contributed by atoms with Gasteiger partial charge in [-0.05, 0) is 5.10 Å². The van der Waals surface area contributed by atoms with E-state index < -0.39 is 0 Å². The molecule has 1 aliphatic heterocycles. The quantitative estimate of drug-likeness (QED) is 0.270. The monoisotopic (exact) mass is 126 g/mol. The van der Waals surface area contributed by atoms with E-state index >= 15 is 0 Å². The Hall–Kier alpha value is -1.36. The van der Waals surface area contributed by atoms with Crippen LogP contribution in [0.4, 0.5) is 0 Å². The van der Waals surface area contributed by atoms with Crippen LogP contribution < -0.4 is 16.5 Å². The molecule has 5 nitrogen and oxygen atoms in total. The van der Waals surface area contributed by atoms with Crippen LogP contribution >= 0.6 is 0 Å². The zero-order valence-electron chi connectivity index (χ0n) is 4.78. The lowest BCUT2D eigenvalue weighted by molar-refractivity contribution is -0.743. The van der Waals surface area contributed by atoms with E-state index in [2.05, 4.69) is 10.1 Å². The van der Waals surface area contributed by atoms with Gasteiger partial charge >= 0.3 is 0 Å². The lowest BCUT2D eigenvalue weighted by atomic mass is 10.9. The Morgan fingerprint density at radius 2 is 2.33 bits per heavy atom. The van der Waals surface area contributed by atoms with Gasteiger partial charge in [0.25, 0.3) is 0 Å². The molecule has 1 atom stereocenters. The van der Waals surface area contributed by atoms with E-state index in [-0.39, 0.29) is 5.96 Å². The molecule has 5 heteroatoms. The SMILES string of the molecule is NC(N)=N[NH+]1C=CN=C1. The third kappa shape index (κ3) is 1.54. The predicted molar refractivity (Wildman–Crippen MR) is 34.4 cm³/mol. The van der Waals surface area contributed by atoms with Gasteiger partial charge in [-0.25, -0.2) is 4.99 Å². The van der Waals surface area contributed by atoms with E-state index in [9.17, 15) is 0 Å². The molecule has 0 aromatic heterocycles. The van der Waals surface area contributed by atoms with Crippen molar-refractivity contribution in [2.24, 2.45) is 21.6 Å². The predicted octanol–water partition coefficient (Wildman–Crippen LogP) is -2.43.